The first kappa shape index (κ1) is 21.4. The summed E-state index contributed by atoms with van der Waals surface area (Å²) in [5, 5.41) is 14.4. The van der Waals surface area contributed by atoms with E-state index in [1.165, 1.54) is 11.8 Å². The van der Waals surface area contributed by atoms with Crippen molar-refractivity contribution < 1.29 is 4.74 Å². The number of anilines is 3. The fraction of sp³-hybridized carbons (Fsp3) is 0.333. The Bertz CT molecular complexity index is 921. The molecule has 0 amide bonds. The molecule has 1 aliphatic heterocycles. The molecule has 0 radical (unpaired) electrons. The molecule has 0 bridgehead atoms. The van der Waals surface area contributed by atoms with Gasteiger partial charge < -0.3 is 37.7 Å². The van der Waals surface area contributed by atoms with E-state index in [1.54, 1.807) is 13.2 Å². The third kappa shape index (κ3) is 5.19. The van der Waals surface area contributed by atoms with Gasteiger partial charge in [0.15, 0.2) is 5.82 Å². The minimum absolute atomic E-state index is 0.315. The molecule has 30 heavy (non-hydrogen) atoms. The Morgan fingerprint density at radius 3 is 2.83 bits per heavy atom. The van der Waals surface area contributed by atoms with Gasteiger partial charge in [0, 0.05) is 31.9 Å². The normalized spacial score (nSPS) is 16.3. The van der Waals surface area contributed by atoms with Crippen LogP contribution >= 0.6 is 0 Å². The molecule has 1 fully saturated rings. The number of hydrazine groups is 1. The first-order valence-electron chi connectivity index (χ1n) is 9.87. The summed E-state index contributed by atoms with van der Waals surface area (Å²) in [5.74, 6) is 7.45. The van der Waals surface area contributed by atoms with Gasteiger partial charge in [-0.15, -0.1) is 0 Å². The second kappa shape index (κ2) is 9.95. The van der Waals surface area contributed by atoms with Crippen molar-refractivity contribution in [1.29, 1.82) is 5.41 Å². The van der Waals surface area contributed by atoms with Gasteiger partial charge in [-0.3, -0.25) is 0 Å². The zero-order valence-electron chi connectivity index (χ0n) is 17.2. The highest BCUT2D eigenvalue weighted by Crippen LogP contribution is 2.28. The Labute approximate surface area is 176 Å². The third-order valence-electron chi connectivity index (χ3n) is 5.23. The first-order valence-corrected chi connectivity index (χ1v) is 9.87. The lowest BCUT2D eigenvalue weighted by Gasteiger charge is -2.14. The minimum atomic E-state index is 0.315. The molecule has 2 aromatic rings. The van der Waals surface area contributed by atoms with E-state index in [0.29, 0.717) is 36.2 Å². The summed E-state index contributed by atoms with van der Waals surface area (Å²) in [7, 11) is 1.69. The van der Waals surface area contributed by atoms with Crippen molar-refractivity contribution in [2.24, 2.45) is 5.84 Å². The highest BCUT2D eigenvalue weighted by atomic mass is 16.5. The summed E-state index contributed by atoms with van der Waals surface area (Å²) in [5.41, 5.74) is 18.7. The molecular formula is C21H30N8O. The highest BCUT2D eigenvalue weighted by Gasteiger charge is 2.18. The number of methoxy groups -OCH3 is 1. The van der Waals surface area contributed by atoms with Crippen LogP contribution in [-0.2, 0) is 13.0 Å². The van der Waals surface area contributed by atoms with Crippen molar-refractivity contribution in [2.45, 2.75) is 25.3 Å². The van der Waals surface area contributed by atoms with Crippen molar-refractivity contribution >= 4 is 23.5 Å². The Morgan fingerprint density at radius 1 is 1.33 bits per heavy atom. The molecule has 9 nitrogen and oxygen atoms in total. The maximum absolute atomic E-state index is 7.74. The van der Waals surface area contributed by atoms with E-state index in [4.69, 9.17) is 27.5 Å². The Hall–Kier alpha value is -3.30. The van der Waals surface area contributed by atoms with Gasteiger partial charge in [-0.2, -0.15) is 0 Å². The third-order valence-corrected chi connectivity index (χ3v) is 5.23. The molecule has 1 saturated heterocycles. The van der Waals surface area contributed by atoms with Crippen molar-refractivity contribution in [3.63, 3.8) is 0 Å². The number of aromatic nitrogens is 1. The summed E-state index contributed by atoms with van der Waals surface area (Å²) >= 11 is 0. The molecule has 1 unspecified atom stereocenters. The molecule has 0 spiro atoms. The predicted octanol–water partition coefficient (Wildman–Crippen LogP) is 1.48. The summed E-state index contributed by atoms with van der Waals surface area (Å²) in [6.45, 7) is 2.66. The van der Waals surface area contributed by atoms with Crippen molar-refractivity contribution in [2.75, 3.05) is 37.1 Å². The number of benzene rings is 1. The van der Waals surface area contributed by atoms with Crippen LogP contribution in [0.1, 0.15) is 29.0 Å². The van der Waals surface area contributed by atoms with Gasteiger partial charge in [-0.25, -0.2) is 10.8 Å². The Morgan fingerprint density at radius 2 is 2.17 bits per heavy atom. The zero-order valence-corrected chi connectivity index (χ0v) is 17.2. The van der Waals surface area contributed by atoms with Crippen molar-refractivity contribution in [3.05, 3.63) is 52.7 Å². The van der Waals surface area contributed by atoms with Crippen LogP contribution in [0.2, 0.25) is 0 Å². The summed E-state index contributed by atoms with van der Waals surface area (Å²) < 4.78 is 5.48. The van der Waals surface area contributed by atoms with Crippen molar-refractivity contribution in [3.8, 4) is 5.75 Å². The van der Waals surface area contributed by atoms with Crippen molar-refractivity contribution in [1.82, 2.24) is 15.6 Å². The lowest BCUT2D eigenvalue weighted by atomic mass is 9.96. The SMILES string of the molecule is COc1cc(CN/C=C(\C=N)Cc2cc(N)nc(NN)c2N)cc(C2CCNC2)c1. The number of hydrogen-bond acceptors (Lipinski definition) is 9. The van der Waals surface area contributed by atoms with E-state index in [1.807, 2.05) is 12.3 Å². The maximum atomic E-state index is 7.74. The average Bonchev–Trinajstić information content (AvgIpc) is 3.30. The minimum Gasteiger partial charge on any atom is -0.497 e. The van der Waals surface area contributed by atoms with Gasteiger partial charge in [-0.05, 0) is 59.3 Å². The number of pyridine rings is 1. The smallest absolute Gasteiger partial charge is 0.165 e. The molecule has 1 aromatic heterocycles. The molecule has 2 heterocycles. The standard InChI is InChI=1S/C21H30N8O/c1-30-18-6-13(4-16(7-18)15-2-3-26-12-15)10-27-11-14(9-22)5-17-8-19(23)28-21(29-25)20(17)24/h4,6-9,11,15,22,26-27H,2-3,5,10,12,24-25H2,1H3,(H3,23,28,29)/b14-11-,22-9?. The van der Waals surface area contributed by atoms with Gasteiger partial charge in [0.25, 0.3) is 0 Å². The van der Waals surface area contributed by atoms with E-state index in [-0.39, 0.29) is 0 Å². The van der Waals surface area contributed by atoms with Crippen LogP contribution in [0.4, 0.5) is 17.3 Å². The number of hydrogen-bond donors (Lipinski definition) is 7. The van der Waals surface area contributed by atoms with Crippen LogP contribution in [-0.4, -0.2) is 31.4 Å². The molecular weight excluding hydrogens is 380 g/mol. The molecule has 0 aliphatic carbocycles. The number of nitrogen functional groups attached to an aromatic ring is 3. The maximum Gasteiger partial charge on any atom is 0.165 e. The summed E-state index contributed by atoms with van der Waals surface area (Å²) in [6, 6.07) is 8.04. The van der Waals surface area contributed by atoms with Crippen LogP contribution < -0.4 is 38.1 Å². The number of nitrogens with two attached hydrogens (primary N) is 3. The van der Waals surface area contributed by atoms with Gasteiger partial charge in [-0.1, -0.05) is 6.07 Å². The molecule has 9 heteroatoms. The van der Waals surface area contributed by atoms with Gasteiger partial charge >= 0.3 is 0 Å². The second-order valence-corrected chi connectivity index (χ2v) is 7.34. The first-order chi connectivity index (χ1) is 14.5. The molecule has 10 N–H and O–H groups in total. The average molecular weight is 411 g/mol. The van der Waals surface area contributed by atoms with Crippen LogP contribution in [0.25, 0.3) is 0 Å². The number of allylic oxidation sites excluding steroid dienone is 1. The Kier molecular flexibility index (Phi) is 7.10. The second-order valence-electron chi connectivity index (χ2n) is 7.34. The van der Waals surface area contributed by atoms with Crippen LogP contribution in [0.15, 0.2) is 36.0 Å². The van der Waals surface area contributed by atoms with Gasteiger partial charge in [0.05, 0.1) is 12.8 Å². The number of nitrogens with zero attached hydrogens (tertiary/aromatic N) is 1. The number of nitrogens with one attached hydrogen (secondary N) is 4. The number of ether oxygens (including phenoxy) is 1. The Balaban J connectivity index is 1.71. The van der Waals surface area contributed by atoms with E-state index < -0.39 is 0 Å². The number of rotatable bonds is 9. The molecule has 1 atom stereocenters. The van der Waals surface area contributed by atoms with E-state index in [9.17, 15) is 0 Å². The van der Waals surface area contributed by atoms with E-state index in [0.717, 1.165) is 42.0 Å². The molecule has 0 saturated carbocycles. The predicted molar refractivity (Wildman–Crippen MR) is 122 cm³/mol. The van der Waals surface area contributed by atoms with Gasteiger partial charge in [0.1, 0.15) is 11.6 Å². The van der Waals surface area contributed by atoms with E-state index in [2.05, 4.69) is 33.2 Å². The molecule has 1 aromatic carbocycles. The highest BCUT2D eigenvalue weighted by molar-refractivity contribution is 5.78. The monoisotopic (exact) mass is 410 g/mol. The summed E-state index contributed by atoms with van der Waals surface area (Å²) in [4.78, 5) is 4.05. The fourth-order valence-electron chi connectivity index (χ4n) is 3.63. The molecule has 160 valence electrons. The van der Waals surface area contributed by atoms with Gasteiger partial charge in [0.2, 0.25) is 0 Å². The summed E-state index contributed by atoms with van der Waals surface area (Å²) in [6.07, 6.45) is 4.67. The topological polar surface area (TPSA) is 160 Å². The van der Waals surface area contributed by atoms with E-state index >= 15 is 0 Å². The lowest BCUT2D eigenvalue weighted by molar-refractivity contribution is 0.413. The fourth-order valence-corrected chi connectivity index (χ4v) is 3.63. The molecule has 1 aliphatic rings. The van der Waals surface area contributed by atoms with Crippen LogP contribution in [0.5, 0.6) is 5.75 Å². The van der Waals surface area contributed by atoms with Crippen LogP contribution in [0, 0.1) is 5.41 Å². The van der Waals surface area contributed by atoms with Crippen LogP contribution in [0.3, 0.4) is 0 Å². The largest absolute Gasteiger partial charge is 0.497 e. The lowest BCUT2D eigenvalue weighted by Crippen LogP contribution is -2.14. The zero-order chi connectivity index (χ0) is 21.5. The quantitative estimate of drug-likeness (QED) is 0.186. The molecule has 3 rings (SSSR count).